The van der Waals surface area contributed by atoms with E-state index in [0.717, 1.165) is 0 Å². The van der Waals surface area contributed by atoms with Crippen LogP contribution in [0.3, 0.4) is 0 Å². The SMILES string of the molecule is CC([O])CC(C)O. The first-order valence-corrected chi connectivity index (χ1v) is 2.47. The highest BCUT2D eigenvalue weighted by atomic mass is 16.3. The van der Waals surface area contributed by atoms with Crippen molar-refractivity contribution in [3.8, 4) is 0 Å². The monoisotopic (exact) mass is 103 g/mol. The average Bonchev–Trinajstić information content (AvgIpc) is 1.27. The highest BCUT2D eigenvalue weighted by Gasteiger charge is 2.00. The molecular weight excluding hydrogens is 92.1 g/mol. The molecule has 0 saturated carbocycles. The second kappa shape index (κ2) is 2.99. The Labute approximate surface area is 43.8 Å². The number of aliphatic hydroxyl groups is 1. The maximum atomic E-state index is 10.2. The molecule has 0 heterocycles. The lowest BCUT2D eigenvalue weighted by molar-refractivity contribution is 0.0522. The number of hydrogen-bond acceptors (Lipinski definition) is 1. The minimum absolute atomic E-state index is 0.361. The molecule has 2 unspecified atom stereocenters. The lowest BCUT2D eigenvalue weighted by Crippen LogP contribution is -2.08. The summed E-state index contributed by atoms with van der Waals surface area (Å²) in [5.41, 5.74) is 0. The summed E-state index contributed by atoms with van der Waals surface area (Å²) in [4.78, 5) is 0. The fourth-order valence-corrected chi connectivity index (χ4v) is 0.480. The van der Waals surface area contributed by atoms with E-state index in [1.54, 1.807) is 13.8 Å². The summed E-state index contributed by atoms with van der Waals surface area (Å²) in [5.74, 6) is 0. The zero-order chi connectivity index (χ0) is 5.86. The van der Waals surface area contributed by atoms with Crippen LogP contribution in [0.2, 0.25) is 0 Å². The van der Waals surface area contributed by atoms with Crippen molar-refractivity contribution in [1.82, 2.24) is 0 Å². The molecule has 0 aliphatic carbocycles. The lowest BCUT2D eigenvalue weighted by Gasteiger charge is -2.01. The molecule has 2 heteroatoms. The molecule has 0 saturated heterocycles. The van der Waals surface area contributed by atoms with E-state index < -0.39 is 12.2 Å². The third-order valence-electron chi connectivity index (χ3n) is 0.673. The summed E-state index contributed by atoms with van der Waals surface area (Å²) in [7, 11) is 0. The van der Waals surface area contributed by atoms with Gasteiger partial charge in [-0.2, -0.15) is 0 Å². The lowest BCUT2D eigenvalue weighted by atomic mass is 10.2. The average molecular weight is 103 g/mol. The van der Waals surface area contributed by atoms with Crippen molar-refractivity contribution in [3.05, 3.63) is 0 Å². The highest BCUT2D eigenvalue weighted by Crippen LogP contribution is 1.94. The first-order chi connectivity index (χ1) is 3.13. The molecule has 0 aromatic heterocycles. The molecule has 0 bridgehead atoms. The fraction of sp³-hybridized carbons (Fsp3) is 1.00. The van der Waals surface area contributed by atoms with Gasteiger partial charge in [0.15, 0.2) is 0 Å². The van der Waals surface area contributed by atoms with Gasteiger partial charge in [0.25, 0.3) is 0 Å². The summed E-state index contributed by atoms with van der Waals surface area (Å²) in [5, 5.41) is 18.7. The van der Waals surface area contributed by atoms with Crippen molar-refractivity contribution >= 4 is 0 Å². The molecule has 0 rings (SSSR count). The van der Waals surface area contributed by atoms with Crippen LogP contribution < -0.4 is 0 Å². The van der Waals surface area contributed by atoms with Crippen molar-refractivity contribution in [2.24, 2.45) is 0 Å². The molecule has 0 amide bonds. The molecule has 43 valence electrons. The van der Waals surface area contributed by atoms with Crippen molar-refractivity contribution in [3.63, 3.8) is 0 Å². The number of rotatable bonds is 2. The summed E-state index contributed by atoms with van der Waals surface area (Å²) >= 11 is 0. The second-order valence-corrected chi connectivity index (χ2v) is 1.90. The molecule has 0 fully saturated rings. The van der Waals surface area contributed by atoms with E-state index in [1.165, 1.54) is 0 Å². The Morgan fingerprint density at radius 1 is 1.57 bits per heavy atom. The Hall–Kier alpha value is -0.0800. The number of hydrogen-bond donors (Lipinski definition) is 1. The summed E-state index contributed by atoms with van der Waals surface area (Å²) in [6.07, 6.45) is -0.701. The Morgan fingerprint density at radius 3 is 2.00 bits per heavy atom. The highest BCUT2D eigenvalue weighted by molar-refractivity contribution is 4.50. The van der Waals surface area contributed by atoms with E-state index in [1.807, 2.05) is 0 Å². The van der Waals surface area contributed by atoms with Gasteiger partial charge in [-0.05, 0) is 13.8 Å². The van der Waals surface area contributed by atoms with E-state index in [0.29, 0.717) is 6.42 Å². The molecule has 0 aromatic rings. The quantitative estimate of drug-likeness (QED) is 0.545. The fourth-order valence-electron chi connectivity index (χ4n) is 0.480. The van der Waals surface area contributed by atoms with Gasteiger partial charge in [0.2, 0.25) is 0 Å². The third-order valence-corrected chi connectivity index (χ3v) is 0.673. The maximum absolute atomic E-state index is 10.2. The van der Waals surface area contributed by atoms with Crippen LogP contribution in [0.25, 0.3) is 0 Å². The van der Waals surface area contributed by atoms with Gasteiger partial charge in [-0.15, -0.1) is 0 Å². The van der Waals surface area contributed by atoms with Crippen molar-refractivity contribution in [1.29, 1.82) is 0 Å². The third kappa shape index (κ3) is 5.92. The minimum atomic E-state index is -0.625. The largest absolute Gasteiger partial charge is 0.393 e. The molecule has 7 heavy (non-hydrogen) atoms. The van der Waals surface area contributed by atoms with E-state index in [4.69, 9.17) is 5.11 Å². The maximum Gasteiger partial charge on any atom is 0.0926 e. The Bertz CT molecular complexity index is 35.3. The molecule has 0 aliphatic rings. The zero-order valence-corrected chi connectivity index (χ0v) is 4.72. The number of aliphatic hydroxyl groups excluding tert-OH is 1. The van der Waals surface area contributed by atoms with Crippen LogP contribution in [-0.2, 0) is 5.11 Å². The first kappa shape index (κ1) is 6.92. The molecule has 2 atom stereocenters. The van der Waals surface area contributed by atoms with Gasteiger partial charge in [-0.3, -0.25) is 0 Å². The molecule has 1 radical (unpaired) electrons. The van der Waals surface area contributed by atoms with Crippen LogP contribution in [-0.4, -0.2) is 17.3 Å². The normalized spacial score (nSPS) is 18.9. The Morgan fingerprint density at radius 2 is 2.00 bits per heavy atom. The molecule has 0 spiro atoms. The van der Waals surface area contributed by atoms with Crippen molar-refractivity contribution in [2.45, 2.75) is 32.5 Å². The topological polar surface area (TPSA) is 40.1 Å². The van der Waals surface area contributed by atoms with Gasteiger partial charge < -0.3 is 5.11 Å². The van der Waals surface area contributed by atoms with Crippen molar-refractivity contribution in [2.75, 3.05) is 0 Å². The van der Waals surface area contributed by atoms with E-state index >= 15 is 0 Å². The Balaban J connectivity index is 2.95. The molecule has 2 nitrogen and oxygen atoms in total. The minimum Gasteiger partial charge on any atom is -0.393 e. The summed E-state index contributed by atoms with van der Waals surface area (Å²) in [6, 6.07) is 0. The second-order valence-electron chi connectivity index (χ2n) is 1.90. The predicted molar refractivity (Wildman–Crippen MR) is 26.4 cm³/mol. The molecule has 1 N–H and O–H groups in total. The van der Waals surface area contributed by atoms with Gasteiger partial charge in [0.05, 0.1) is 12.2 Å². The molecule has 0 aliphatic heterocycles. The zero-order valence-electron chi connectivity index (χ0n) is 4.72. The summed E-state index contributed by atoms with van der Waals surface area (Å²) < 4.78 is 0. The van der Waals surface area contributed by atoms with E-state index in [9.17, 15) is 5.11 Å². The van der Waals surface area contributed by atoms with Crippen molar-refractivity contribution < 1.29 is 10.2 Å². The van der Waals surface area contributed by atoms with Gasteiger partial charge in [-0.25, -0.2) is 5.11 Å². The smallest absolute Gasteiger partial charge is 0.0926 e. The predicted octanol–water partition coefficient (Wildman–Crippen LogP) is 0.576. The van der Waals surface area contributed by atoms with Crippen LogP contribution in [0.4, 0.5) is 0 Å². The van der Waals surface area contributed by atoms with Crippen LogP contribution in [0.1, 0.15) is 20.3 Å². The van der Waals surface area contributed by atoms with Gasteiger partial charge in [0.1, 0.15) is 0 Å². The first-order valence-electron chi connectivity index (χ1n) is 2.47. The van der Waals surface area contributed by atoms with E-state index in [-0.39, 0.29) is 0 Å². The van der Waals surface area contributed by atoms with Gasteiger partial charge in [-0.1, -0.05) is 0 Å². The van der Waals surface area contributed by atoms with Crippen LogP contribution in [0.15, 0.2) is 0 Å². The van der Waals surface area contributed by atoms with Crippen LogP contribution in [0.5, 0.6) is 0 Å². The summed E-state index contributed by atoms with van der Waals surface area (Å²) in [6.45, 7) is 3.17. The van der Waals surface area contributed by atoms with Crippen LogP contribution >= 0.6 is 0 Å². The van der Waals surface area contributed by atoms with Gasteiger partial charge in [0, 0.05) is 6.42 Å². The Kier molecular flexibility index (Phi) is 2.96. The van der Waals surface area contributed by atoms with Gasteiger partial charge >= 0.3 is 0 Å². The standard InChI is InChI=1S/C5H11O2/c1-4(6)3-5(2)7/h4-6H,3H2,1-2H3. The van der Waals surface area contributed by atoms with E-state index in [2.05, 4.69) is 0 Å². The molecular formula is C5H11O2. The van der Waals surface area contributed by atoms with Crippen LogP contribution in [0, 0.1) is 0 Å². The molecule has 0 aromatic carbocycles.